The van der Waals surface area contributed by atoms with Gasteiger partial charge in [-0.2, -0.15) is 0 Å². The number of ether oxygens (including phenoxy) is 1. The van der Waals surface area contributed by atoms with Crippen molar-refractivity contribution in [1.82, 2.24) is 9.88 Å². The van der Waals surface area contributed by atoms with Crippen molar-refractivity contribution in [3.05, 3.63) is 54.2 Å². The summed E-state index contributed by atoms with van der Waals surface area (Å²) >= 11 is 0. The van der Waals surface area contributed by atoms with Gasteiger partial charge in [0.25, 0.3) is 0 Å². The van der Waals surface area contributed by atoms with Crippen LogP contribution in [0.3, 0.4) is 0 Å². The zero-order valence-corrected chi connectivity index (χ0v) is 16.7. The van der Waals surface area contributed by atoms with Gasteiger partial charge in [0.2, 0.25) is 0 Å². The van der Waals surface area contributed by atoms with E-state index in [0.717, 1.165) is 25.2 Å². The number of nitrogens with zero attached hydrogens (tertiary/aromatic N) is 3. The Bertz CT molecular complexity index is 753. The Balaban J connectivity index is 1.89. The summed E-state index contributed by atoms with van der Waals surface area (Å²) in [6, 6.07) is 13.9. The highest BCUT2D eigenvalue weighted by atomic mass is 16.6. The summed E-state index contributed by atoms with van der Waals surface area (Å²) in [7, 11) is 0. The zero-order chi connectivity index (χ0) is 19.4. The molecule has 27 heavy (non-hydrogen) atoms. The number of carbonyl (C=O) groups excluding carboxylic acids is 1. The molecule has 0 unspecified atom stereocenters. The molecule has 0 aliphatic carbocycles. The van der Waals surface area contributed by atoms with E-state index < -0.39 is 11.7 Å². The molecule has 1 atom stereocenters. The highest BCUT2D eigenvalue weighted by Gasteiger charge is 2.27. The minimum Gasteiger partial charge on any atom is -0.443 e. The predicted molar refractivity (Wildman–Crippen MR) is 108 cm³/mol. The largest absolute Gasteiger partial charge is 0.443 e. The molecule has 1 aliphatic heterocycles. The first kappa shape index (κ1) is 19.4. The van der Waals surface area contributed by atoms with Crippen molar-refractivity contribution in [3.63, 3.8) is 0 Å². The highest BCUT2D eigenvalue weighted by Crippen LogP contribution is 2.33. The van der Waals surface area contributed by atoms with Crippen molar-refractivity contribution in [2.45, 2.75) is 52.2 Å². The van der Waals surface area contributed by atoms with Gasteiger partial charge in [-0.1, -0.05) is 31.2 Å². The van der Waals surface area contributed by atoms with Crippen LogP contribution in [0.15, 0.2) is 48.7 Å². The highest BCUT2D eigenvalue weighted by molar-refractivity contribution is 5.95. The van der Waals surface area contributed by atoms with Crippen LogP contribution in [0.25, 0.3) is 0 Å². The van der Waals surface area contributed by atoms with Crippen molar-refractivity contribution < 1.29 is 9.53 Å². The van der Waals surface area contributed by atoms with Crippen LogP contribution in [-0.4, -0.2) is 34.7 Å². The number of para-hydroxylation sites is 1. The second-order valence-electron chi connectivity index (χ2n) is 7.89. The molecule has 0 saturated carbocycles. The van der Waals surface area contributed by atoms with Crippen LogP contribution in [-0.2, 0) is 4.74 Å². The lowest BCUT2D eigenvalue weighted by molar-refractivity contribution is 0.0598. The fourth-order valence-corrected chi connectivity index (χ4v) is 3.52. The van der Waals surface area contributed by atoms with E-state index in [0.29, 0.717) is 11.9 Å². The van der Waals surface area contributed by atoms with Gasteiger partial charge < -0.3 is 4.74 Å². The van der Waals surface area contributed by atoms with E-state index in [9.17, 15) is 4.79 Å². The normalized spacial score (nSPS) is 17.7. The fraction of sp³-hybridized carbons (Fsp3) is 0.455. The Labute approximate surface area is 162 Å². The number of carbonyl (C=O) groups is 1. The smallest absolute Gasteiger partial charge is 0.420 e. The van der Waals surface area contributed by atoms with Gasteiger partial charge in [0, 0.05) is 12.2 Å². The summed E-state index contributed by atoms with van der Waals surface area (Å²) in [5, 5.41) is 0. The van der Waals surface area contributed by atoms with Crippen LogP contribution >= 0.6 is 0 Å². The number of amides is 1. The minimum atomic E-state index is -0.574. The Morgan fingerprint density at radius 1 is 1.22 bits per heavy atom. The first-order valence-electron chi connectivity index (χ1n) is 9.67. The lowest BCUT2D eigenvalue weighted by Gasteiger charge is -2.27. The molecule has 2 aromatic rings. The first-order valence-corrected chi connectivity index (χ1v) is 9.67. The van der Waals surface area contributed by atoms with Crippen molar-refractivity contribution in [3.8, 4) is 0 Å². The average Bonchev–Trinajstić information content (AvgIpc) is 3.11. The van der Waals surface area contributed by atoms with Crippen molar-refractivity contribution in [2.75, 3.05) is 18.0 Å². The van der Waals surface area contributed by atoms with Crippen LogP contribution in [0, 0.1) is 0 Å². The summed E-state index contributed by atoms with van der Waals surface area (Å²) in [5.74, 6) is 0.570. The molecule has 144 valence electrons. The topological polar surface area (TPSA) is 45.7 Å². The van der Waals surface area contributed by atoms with Crippen molar-refractivity contribution in [1.29, 1.82) is 0 Å². The van der Waals surface area contributed by atoms with Gasteiger partial charge in [0.1, 0.15) is 11.4 Å². The van der Waals surface area contributed by atoms with Gasteiger partial charge in [-0.3, -0.25) is 4.90 Å². The molecule has 5 heteroatoms. The number of benzene rings is 1. The molecule has 0 spiro atoms. The van der Waals surface area contributed by atoms with Crippen LogP contribution in [0.2, 0.25) is 0 Å². The maximum Gasteiger partial charge on any atom is 0.420 e. The summed E-state index contributed by atoms with van der Waals surface area (Å²) in [6.45, 7) is 9.97. The molecular weight excluding hydrogens is 338 g/mol. The van der Waals surface area contributed by atoms with Gasteiger partial charge in [0.15, 0.2) is 0 Å². The molecule has 0 radical (unpaired) electrons. The molecule has 1 aliphatic rings. The molecule has 0 N–H and O–H groups in total. The van der Waals surface area contributed by atoms with Gasteiger partial charge in [-0.15, -0.1) is 0 Å². The van der Waals surface area contributed by atoms with Crippen LogP contribution < -0.4 is 4.90 Å². The summed E-state index contributed by atoms with van der Waals surface area (Å²) in [5.41, 5.74) is 1.37. The number of rotatable bonds is 4. The standard InChI is InChI=1S/C22H29N3O2/c1-5-24-15-9-12-19(24)17-13-14-20(23-16-17)25(18-10-7-6-8-11-18)21(26)27-22(2,3)4/h6-8,10-11,13-14,16,19H,5,9,12,15H2,1-4H3/t19-/m1/s1. The minimum absolute atomic E-state index is 0.420. The van der Waals surface area contributed by atoms with Crippen molar-refractivity contribution in [2.24, 2.45) is 0 Å². The number of pyridine rings is 1. The molecular formula is C22H29N3O2. The quantitative estimate of drug-likeness (QED) is 0.734. The molecule has 1 aromatic heterocycles. The van der Waals surface area contributed by atoms with Gasteiger partial charge >= 0.3 is 6.09 Å². The van der Waals surface area contributed by atoms with E-state index in [4.69, 9.17) is 4.74 Å². The molecule has 0 bridgehead atoms. The third kappa shape index (κ3) is 4.66. The second kappa shape index (κ2) is 8.09. The fourth-order valence-electron chi connectivity index (χ4n) is 3.52. The molecule has 1 saturated heterocycles. The number of anilines is 2. The van der Waals surface area contributed by atoms with Gasteiger partial charge in [-0.25, -0.2) is 14.7 Å². The molecule has 1 aromatic carbocycles. The third-order valence-corrected chi connectivity index (χ3v) is 4.74. The Hall–Kier alpha value is -2.40. The number of aromatic nitrogens is 1. The van der Waals surface area contributed by atoms with E-state index in [-0.39, 0.29) is 0 Å². The summed E-state index contributed by atoms with van der Waals surface area (Å²) < 4.78 is 5.61. The Morgan fingerprint density at radius 2 is 1.96 bits per heavy atom. The average molecular weight is 367 g/mol. The van der Waals surface area contributed by atoms with Gasteiger partial charge in [0.05, 0.1) is 5.69 Å². The SMILES string of the molecule is CCN1CCC[C@@H]1c1ccc(N(C(=O)OC(C)(C)C)c2ccccc2)nc1. The number of hydrogen-bond donors (Lipinski definition) is 0. The number of likely N-dealkylation sites (tertiary alicyclic amines) is 1. The van der Waals surface area contributed by atoms with Crippen LogP contribution in [0.1, 0.15) is 52.1 Å². The Morgan fingerprint density at radius 3 is 2.56 bits per heavy atom. The maximum atomic E-state index is 12.9. The predicted octanol–water partition coefficient (Wildman–Crippen LogP) is 5.31. The molecule has 3 rings (SSSR count). The summed E-state index contributed by atoms with van der Waals surface area (Å²) in [6.07, 6.45) is 3.84. The lowest BCUT2D eigenvalue weighted by atomic mass is 10.1. The van der Waals surface area contributed by atoms with E-state index in [1.165, 1.54) is 16.9 Å². The van der Waals surface area contributed by atoms with E-state index in [1.807, 2.05) is 63.4 Å². The second-order valence-corrected chi connectivity index (χ2v) is 7.89. The van der Waals surface area contributed by atoms with E-state index in [1.54, 1.807) is 0 Å². The zero-order valence-electron chi connectivity index (χ0n) is 16.7. The van der Waals surface area contributed by atoms with Crippen molar-refractivity contribution >= 4 is 17.6 Å². The molecule has 1 amide bonds. The molecule has 5 nitrogen and oxygen atoms in total. The lowest BCUT2D eigenvalue weighted by Crippen LogP contribution is -2.34. The van der Waals surface area contributed by atoms with Gasteiger partial charge in [-0.05, 0) is 70.5 Å². The molecule has 2 heterocycles. The van der Waals surface area contributed by atoms with E-state index in [2.05, 4.69) is 22.9 Å². The Kier molecular flexibility index (Phi) is 5.80. The monoisotopic (exact) mass is 367 g/mol. The van der Waals surface area contributed by atoms with Crippen LogP contribution in [0.5, 0.6) is 0 Å². The molecule has 1 fully saturated rings. The summed E-state index contributed by atoms with van der Waals surface area (Å²) in [4.78, 5) is 21.5. The maximum absolute atomic E-state index is 12.9. The van der Waals surface area contributed by atoms with E-state index >= 15 is 0 Å². The third-order valence-electron chi connectivity index (χ3n) is 4.74. The number of hydrogen-bond acceptors (Lipinski definition) is 4. The van der Waals surface area contributed by atoms with Crippen LogP contribution in [0.4, 0.5) is 16.3 Å². The first-order chi connectivity index (χ1) is 12.9.